The van der Waals surface area contributed by atoms with Crippen LogP contribution in [0.1, 0.15) is 44.6 Å². The van der Waals surface area contributed by atoms with Crippen molar-refractivity contribution in [3.05, 3.63) is 80.8 Å². The zero-order valence-corrected chi connectivity index (χ0v) is 21.1. The van der Waals surface area contributed by atoms with E-state index in [0.717, 1.165) is 10.7 Å². The molecule has 2 aliphatic rings. The molecule has 3 heterocycles. The van der Waals surface area contributed by atoms with E-state index < -0.39 is 11.7 Å². The van der Waals surface area contributed by atoms with Crippen LogP contribution < -0.4 is 4.90 Å². The van der Waals surface area contributed by atoms with Crippen LogP contribution in [-0.4, -0.2) is 65.9 Å². The van der Waals surface area contributed by atoms with E-state index in [4.69, 9.17) is 11.6 Å². The minimum atomic E-state index is -0.615. The number of rotatable bonds is 4. The summed E-state index contributed by atoms with van der Waals surface area (Å²) in [5, 5.41) is 2.81. The van der Waals surface area contributed by atoms with Crippen molar-refractivity contribution in [1.29, 1.82) is 0 Å². The van der Waals surface area contributed by atoms with Gasteiger partial charge in [-0.3, -0.25) is 9.59 Å². The molecule has 10 heteroatoms. The topological polar surface area (TPSA) is 56.8 Å². The van der Waals surface area contributed by atoms with Gasteiger partial charge in [-0.05, 0) is 49.2 Å². The number of benzene rings is 2. The van der Waals surface area contributed by atoms with Gasteiger partial charge in [0.1, 0.15) is 17.3 Å². The lowest BCUT2D eigenvalue weighted by Crippen LogP contribution is -2.48. The quantitative estimate of drug-likeness (QED) is 0.473. The van der Waals surface area contributed by atoms with Gasteiger partial charge in [-0.2, -0.15) is 0 Å². The van der Waals surface area contributed by atoms with E-state index in [-0.39, 0.29) is 28.2 Å². The first-order chi connectivity index (χ1) is 17.4. The molecule has 2 saturated heterocycles. The number of thiazole rings is 1. The molecule has 0 bridgehead atoms. The van der Waals surface area contributed by atoms with Crippen molar-refractivity contribution in [3.8, 4) is 0 Å². The monoisotopic (exact) mass is 530 g/mol. The zero-order chi connectivity index (χ0) is 25.2. The Morgan fingerprint density at radius 1 is 0.889 bits per heavy atom. The molecule has 0 unspecified atom stereocenters. The van der Waals surface area contributed by atoms with Crippen LogP contribution in [0.3, 0.4) is 0 Å². The molecule has 0 N–H and O–H groups in total. The Labute approximate surface area is 217 Å². The minimum absolute atomic E-state index is 0.0840. The Hall–Kier alpha value is -3.04. The number of likely N-dealkylation sites (tertiary alicyclic amines) is 1. The lowest BCUT2D eigenvalue weighted by atomic mass is 9.97. The van der Waals surface area contributed by atoms with Gasteiger partial charge in [0.2, 0.25) is 0 Å². The van der Waals surface area contributed by atoms with Crippen molar-refractivity contribution < 1.29 is 18.4 Å². The van der Waals surface area contributed by atoms with Crippen molar-refractivity contribution in [1.82, 2.24) is 14.8 Å². The summed E-state index contributed by atoms with van der Waals surface area (Å²) in [5.74, 6) is -1.22. The molecule has 0 aliphatic carbocycles. The number of halogens is 3. The predicted molar refractivity (Wildman–Crippen MR) is 136 cm³/mol. The number of anilines is 1. The lowest BCUT2D eigenvalue weighted by Gasteiger charge is -2.35. The summed E-state index contributed by atoms with van der Waals surface area (Å²) in [6, 6.07) is 10.6. The summed E-state index contributed by atoms with van der Waals surface area (Å²) in [5.41, 5.74) is 1.31. The van der Waals surface area contributed by atoms with Crippen LogP contribution in [0.4, 0.5) is 14.5 Å². The molecule has 188 valence electrons. The van der Waals surface area contributed by atoms with Gasteiger partial charge in [0.05, 0.1) is 15.6 Å². The summed E-state index contributed by atoms with van der Waals surface area (Å²) in [7, 11) is 0. The Kier molecular flexibility index (Phi) is 7.20. The molecule has 2 amide bonds. The van der Waals surface area contributed by atoms with Gasteiger partial charge in [0.15, 0.2) is 0 Å². The van der Waals surface area contributed by atoms with Crippen LogP contribution in [0.25, 0.3) is 0 Å². The Morgan fingerprint density at radius 3 is 2.22 bits per heavy atom. The van der Waals surface area contributed by atoms with Gasteiger partial charge < -0.3 is 14.7 Å². The van der Waals surface area contributed by atoms with Gasteiger partial charge >= 0.3 is 0 Å². The Morgan fingerprint density at radius 2 is 1.56 bits per heavy atom. The largest absolute Gasteiger partial charge is 0.368 e. The normalized spacial score (nSPS) is 16.9. The second-order valence-corrected chi connectivity index (χ2v) is 10.3. The first-order valence-electron chi connectivity index (χ1n) is 11.9. The maximum Gasteiger partial charge on any atom is 0.273 e. The van der Waals surface area contributed by atoms with Crippen LogP contribution in [0.5, 0.6) is 0 Å². The summed E-state index contributed by atoms with van der Waals surface area (Å²) in [6.45, 7) is 3.44. The van der Waals surface area contributed by atoms with E-state index in [1.54, 1.807) is 27.3 Å². The molecule has 2 aromatic carbocycles. The van der Waals surface area contributed by atoms with Gasteiger partial charge in [0.25, 0.3) is 11.8 Å². The molecule has 1 aromatic heterocycles. The lowest BCUT2D eigenvalue weighted by molar-refractivity contribution is 0.0708. The Bertz CT molecular complexity index is 1230. The molecule has 5 rings (SSSR count). The van der Waals surface area contributed by atoms with E-state index in [9.17, 15) is 18.4 Å². The second-order valence-electron chi connectivity index (χ2n) is 8.99. The number of carbonyl (C=O) groups excluding carboxylic acids is 2. The third-order valence-electron chi connectivity index (χ3n) is 6.81. The van der Waals surface area contributed by atoms with Crippen molar-refractivity contribution in [2.24, 2.45) is 0 Å². The summed E-state index contributed by atoms with van der Waals surface area (Å²) >= 11 is 7.53. The highest BCUT2D eigenvalue weighted by Crippen LogP contribution is 2.32. The van der Waals surface area contributed by atoms with Gasteiger partial charge in [-0.25, -0.2) is 13.8 Å². The standard InChI is InChI=1S/C26H25ClF2N4O2S/c27-20-2-1-3-21(29)23(20)26(35)32-10-8-17(9-11-32)24-30-22(16-36-24)25(34)33-14-12-31(13-15-33)19-6-4-18(28)5-7-19/h1-7,16-17H,8-15H2. The smallest absolute Gasteiger partial charge is 0.273 e. The molecule has 0 saturated carbocycles. The molecule has 0 spiro atoms. The highest BCUT2D eigenvalue weighted by Gasteiger charge is 2.30. The third-order valence-corrected chi connectivity index (χ3v) is 8.13. The molecular weight excluding hydrogens is 506 g/mol. The van der Waals surface area contributed by atoms with Crippen LogP contribution in [0.2, 0.25) is 5.02 Å². The molecule has 3 aromatic rings. The maximum absolute atomic E-state index is 14.2. The summed E-state index contributed by atoms with van der Waals surface area (Å²) < 4.78 is 27.3. The fourth-order valence-electron chi connectivity index (χ4n) is 4.74. The van der Waals surface area contributed by atoms with Crippen molar-refractivity contribution in [2.75, 3.05) is 44.2 Å². The van der Waals surface area contributed by atoms with E-state index >= 15 is 0 Å². The van der Waals surface area contributed by atoms with Crippen LogP contribution in [0, 0.1) is 11.6 Å². The molecule has 0 atom stereocenters. The number of aromatic nitrogens is 1. The van der Waals surface area contributed by atoms with Gasteiger partial charge in [-0.1, -0.05) is 17.7 Å². The van der Waals surface area contributed by atoms with Crippen molar-refractivity contribution >= 4 is 40.4 Å². The van der Waals surface area contributed by atoms with Gasteiger partial charge in [0, 0.05) is 56.3 Å². The van der Waals surface area contributed by atoms with E-state index in [0.29, 0.717) is 57.8 Å². The van der Waals surface area contributed by atoms with Crippen molar-refractivity contribution in [2.45, 2.75) is 18.8 Å². The number of nitrogens with zero attached hydrogens (tertiary/aromatic N) is 4. The predicted octanol–water partition coefficient (Wildman–Crippen LogP) is 5.06. The summed E-state index contributed by atoms with van der Waals surface area (Å²) in [4.78, 5) is 36.1. The number of piperidine rings is 1. The fourth-order valence-corrected chi connectivity index (χ4v) is 5.95. The van der Waals surface area contributed by atoms with E-state index in [1.807, 2.05) is 0 Å². The van der Waals surface area contributed by atoms with Crippen LogP contribution >= 0.6 is 22.9 Å². The second kappa shape index (κ2) is 10.5. The Balaban J connectivity index is 1.16. The molecule has 36 heavy (non-hydrogen) atoms. The molecule has 6 nitrogen and oxygen atoms in total. The fraction of sp³-hybridized carbons (Fsp3) is 0.346. The number of amides is 2. The number of hydrogen-bond acceptors (Lipinski definition) is 5. The molecule has 0 radical (unpaired) electrons. The van der Waals surface area contributed by atoms with E-state index in [2.05, 4.69) is 9.88 Å². The van der Waals surface area contributed by atoms with Crippen LogP contribution in [-0.2, 0) is 0 Å². The minimum Gasteiger partial charge on any atom is -0.368 e. The van der Waals surface area contributed by atoms with Gasteiger partial charge in [-0.15, -0.1) is 11.3 Å². The van der Waals surface area contributed by atoms with E-state index in [1.165, 1.54) is 41.7 Å². The molecule has 2 aliphatic heterocycles. The average Bonchev–Trinajstić information content (AvgIpc) is 3.39. The number of piperazine rings is 1. The van der Waals surface area contributed by atoms with Crippen LogP contribution in [0.15, 0.2) is 47.8 Å². The number of hydrogen-bond donors (Lipinski definition) is 0. The highest BCUT2D eigenvalue weighted by molar-refractivity contribution is 7.09. The summed E-state index contributed by atoms with van der Waals surface area (Å²) in [6.07, 6.45) is 1.38. The number of carbonyl (C=O) groups is 2. The third kappa shape index (κ3) is 5.08. The molecular formula is C26H25ClF2N4O2S. The first kappa shape index (κ1) is 24.6. The average molecular weight is 531 g/mol. The van der Waals surface area contributed by atoms with Crippen molar-refractivity contribution in [3.63, 3.8) is 0 Å². The maximum atomic E-state index is 14.2. The highest BCUT2D eigenvalue weighted by atomic mass is 35.5. The first-order valence-corrected chi connectivity index (χ1v) is 13.1. The molecule has 2 fully saturated rings. The zero-order valence-electron chi connectivity index (χ0n) is 19.5. The SMILES string of the molecule is O=C(c1csc(C2CCN(C(=O)c3c(F)cccc3Cl)CC2)n1)N1CCN(c2ccc(F)cc2)CC1.